The van der Waals surface area contributed by atoms with Crippen molar-refractivity contribution in [3.05, 3.63) is 71.0 Å². The standard InChI is InChI=1S/C23H17F6N2O5P/c1-34-16-9-11(36-23(27,28)29)3-5-14(16)35-15-6-4-12(20(25)26)19(24)18(15)22(33)31-10-2-7-17(37)13(8-10)21(30)32/h2-9,20H,37H2,1H3,(H2,30,32)(H,31,33). The van der Waals surface area contributed by atoms with E-state index in [0.717, 1.165) is 31.4 Å². The molecule has 0 spiro atoms. The van der Waals surface area contributed by atoms with Gasteiger partial charge in [-0.2, -0.15) is 0 Å². The molecule has 2 amide bonds. The quantitative estimate of drug-likeness (QED) is 0.295. The molecule has 3 aromatic carbocycles. The molecule has 1 unspecified atom stereocenters. The number of benzene rings is 3. The van der Waals surface area contributed by atoms with Crippen LogP contribution in [0.2, 0.25) is 0 Å². The molecular weight excluding hydrogens is 529 g/mol. The Morgan fingerprint density at radius 3 is 2.27 bits per heavy atom. The van der Waals surface area contributed by atoms with E-state index in [0.29, 0.717) is 11.4 Å². The fraction of sp³-hybridized carbons (Fsp3) is 0.130. The summed E-state index contributed by atoms with van der Waals surface area (Å²) in [5.41, 5.74) is 3.24. The molecule has 0 aliphatic rings. The van der Waals surface area contributed by atoms with Crippen molar-refractivity contribution in [2.75, 3.05) is 12.4 Å². The summed E-state index contributed by atoms with van der Waals surface area (Å²) in [6, 6.07) is 8.21. The Labute approximate surface area is 207 Å². The Kier molecular flexibility index (Phi) is 8.17. The zero-order valence-corrected chi connectivity index (χ0v) is 19.8. The summed E-state index contributed by atoms with van der Waals surface area (Å²) >= 11 is 0. The van der Waals surface area contributed by atoms with E-state index in [1.54, 1.807) is 0 Å². The first-order chi connectivity index (χ1) is 17.3. The second kappa shape index (κ2) is 11.0. The molecule has 0 aromatic heterocycles. The van der Waals surface area contributed by atoms with Gasteiger partial charge < -0.3 is 25.3 Å². The molecule has 7 nitrogen and oxygen atoms in total. The van der Waals surface area contributed by atoms with Crippen LogP contribution in [0.5, 0.6) is 23.0 Å². The molecule has 3 rings (SSSR count). The molecule has 0 saturated carbocycles. The number of hydrogen-bond acceptors (Lipinski definition) is 5. The average Bonchev–Trinajstić information content (AvgIpc) is 2.79. The number of carbonyl (C=O) groups is 2. The average molecular weight is 546 g/mol. The van der Waals surface area contributed by atoms with Gasteiger partial charge in [-0.1, -0.05) is 6.07 Å². The van der Waals surface area contributed by atoms with Crippen LogP contribution in [0.3, 0.4) is 0 Å². The summed E-state index contributed by atoms with van der Waals surface area (Å²) in [6.07, 6.45) is -8.28. The monoisotopic (exact) mass is 546 g/mol. The number of nitrogens with two attached hydrogens (primary N) is 1. The lowest BCUT2D eigenvalue weighted by atomic mass is 10.1. The van der Waals surface area contributed by atoms with Gasteiger partial charge in [0.1, 0.15) is 22.9 Å². The number of anilines is 1. The lowest BCUT2D eigenvalue weighted by molar-refractivity contribution is -0.274. The van der Waals surface area contributed by atoms with Crippen LogP contribution in [0.1, 0.15) is 32.7 Å². The number of carbonyl (C=O) groups excluding carboxylic acids is 2. The number of methoxy groups -OCH3 is 1. The SMILES string of the molecule is COc1cc(OC(F)(F)F)ccc1Oc1ccc(C(F)F)c(F)c1C(=O)Nc1ccc(P)c(C(N)=O)c1. The molecule has 14 heteroatoms. The smallest absolute Gasteiger partial charge is 0.493 e. The van der Waals surface area contributed by atoms with Gasteiger partial charge in [-0.25, -0.2) is 13.2 Å². The number of nitrogens with one attached hydrogen (secondary N) is 1. The molecule has 0 bridgehead atoms. The molecule has 196 valence electrons. The fourth-order valence-electron chi connectivity index (χ4n) is 3.13. The zero-order valence-electron chi connectivity index (χ0n) is 18.7. The summed E-state index contributed by atoms with van der Waals surface area (Å²) in [6.45, 7) is 0. The van der Waals surface area contributed by atoms with Gasteiger partial charge in [0.15, 0.2) is 11.5 Å². The molecule has 0 aliphatic heterocycles. The van der Waals surface area contributed by atoms with Crippen LogP contribution in [0.25, 0.3) is 0 Å². The highest BCUT2D eigenvalue weighted by molar-refractivity contribution is 7.27. The number of halogens is 6. The van der Waals surface area contributed by atoms with Crippen molar-refractivity contribution < 1.29 is 50.1 Å². The van der Waals surface area contributed by atoms with Crippen LogP contribution in [0.15, 0.2) is 48.5 Å². The van der Waals surface area contributed by atoms with Crippen molar-refractivity contribution in [1.82, 2.24) is 0 Å². The van der Waals surface area contributed by atoms with Crippen molar-refractivity contribution in [2.24, 2.45) is 5.73 Å². The fourth-order valence-corrected chi connectivity index (χ4v) is 3.45. The van der Waals surface area contributed by atoms with Crippen LogP contribution >= 0.6 is 9.24 Å². The van der Waals surface area contributed by atoms with Crippen molar-refractivity contribution in [2.45, 2.75) is 12.8 Å². The van der Waals surface area contributed by atoms with Crippen LogP contribution in [-0.4, -0.2) is 25.3 Å². The minimum atomic E-state index is -4.99. The minimum Gasteiger partial charge on any atom is -0.493 e. The van der Waals surface area contributed by atoms with E-state index in [4.69, 9.17) is 15.2 Å². The van der Waals surface area contributed by atoms with Crippen molar-refractivity contribution in [3.63, 3.8) is 0 Å². The van der Waals surface area contributed by atoms with Crippen LogP contribution in [0.4, 0.5) is 32.0 Å². The van der Waals surface area contributed by atoms with Crippen LogP contribution in [0, 0.1) is 5.82 Å². The topological polar surface area (TPSA) is 99.9 Å². The molecule has 3 aromatic rings. The Bertz CT molecular complexity index is 1350. The summed E-state index contributed by atoms with van der Waals surface area (Å²) in [5, 5.41) is 2.69. The Hall–Kier alpha value is -3.99. The van der Waals surface area contributed by atoms with Gasteiger partial charge in [-0.05, 0) is 41.7 Å². The first-order valence-electron chi connectivity index (χ1n) is 10.0. The summed E-state index contributed by atoms with van der Waals surface area (Å²) in [7, 11) is 3.36. The molecule has 1 atom stereocenters. The largest absolute Gasteiger partial charge is 0.573 e. The third kappa shape index (κ3) is 6.62. The molecule has 0 radical (unpaired) electrons. The maximum atomic E-state index is 15.1. The Balaban J connectivity index is 2.03. The summed E-state index contributed by atoms with van der Waals surface area (Å²) < 4.78 is 93.6. The lowest BCUT2D eigenvalue weighted by Gasteiger charge is -2.17. The van der Waals surface area contributed by atoms with E-state index in [-0.39, 0.29) is 22.7 Å². The van der Waals surface area contributed by atoms with Gasteiger partial charge >= 0.3 is 6.36 Å². The van der Waals surface area contributed by atoms with E-state index in [1.807, 2.05) is 0 Å². The number of rotatable bonds is 8. The third-order valence-electron chi connectivity index (χ3n) is 4.76. The van der Waals surface area contributed by atoms with Gasteiger partial charge in [-0.3, -0.25) is 9.59 Å². The number of hydrogen-bond donors (Lipinski definition) is 2. The highest BCUT2D eigenvalue weighted by Gasteiger charge is 2.32. The predicted octanol–water partition coefficient (Wildman–Crippen LogP) is 5.31. The Morgan fingerprint density at radius 1 is 1.00 bits per heavy atom. The van der Waals surface area contributed by atoms with Gasteiger partial charge in [0.2, 0.25) is 5.91 Å². The summed E-state index contributed by atoms with van der Waals surface area (Å²) in [5.74, 6) is -5.43. The molecule has 37 heavy (non-hydrogen) atoms. The maximum Gasteiger partial charge on any atom is 0.573 e. The molecule has 0 fully saturated rings. The lowest BCUT2D eigenvalue weighted by Crippen LogP contribution is -2.20. The first-order valence-corrected chi connectivity index (χ1v) is 10.6. The van der Waals surface area contributed by atoms with E-state index < -0.39 is 53.0 Å². The highest BCUT2D eigenvalue weighted by atomic mass is 31.0. The second-order valence-corrected chi connectivity index (χ2v) is 7.85. The van der Waals surface area contributed by atoms with Crippen molar-refractivity contribution >= 4 is 32.0 Å². The highest BCUT2D eigenvalue weighted by Crippen LogP contribution is 2.39. The van der Waals surface area contributed by atoms with Crippen LogP contribution in [-0.2, 0) is 0 Å². The first kappa shape index (κ1) is 27.6. The maximum absolute atomic E-state index is 15.1. The van der Waals surface area contributed by atoms with Gasteiger partial charge in [0.05, 0.1) is 12.7 Å². The third-order valence-corrected chi connectivity index (χ3v) is 5.26. The minimum absolute atomic E-state index is 0.0102. The molecule has 3 N–H and O–H groups in total. The van der Waals surface area contributed by atoms with E-state index in [9.17, 15) is 31.5 Å². The molecule has 0 aliphatic carbocycles. The zero-order chi connectivity index (χ0) is 27.5. The number of primary amides is 1. The van der Waals surface area contributed by atoms with Crippen molar-refractivity contribution in [1.29, 1.82) is 0 Å². The van der Waals surface area contributed by atoms with E-state index in [2.05, 4.69) is 19.3 Å². The summed E-state index contributed by atoms with van der Waals surface area (Å²) in [4.78, 5) is 24.6. The van der Waals surface area contributed by atoms with E-state index in [1.165, 1.54) is 18.2 Å². The number of alkyl halides is 5. The molecule has 0 saturated heterocycles. The number of ether oxygens (including phenoxy) is 3. The predicted molar refractivity (Wildman–Crippen MR) is 123 cm³/mol. The normalized spacial score (nSPS) is 11.3. The van der Waals surface area contributed by atoms with Crippen molar-refractivity contribution in [3.8, 4) is 23.0 Å². The molecular formula is C23H17F6N2O5P. The van der Waals surface area contributed by atoms with Gasteiger partial charge in [-0.15, -0.1) is 22.4 Å². The van der Waals surface area contributed by atoms with Gasteiger partial charge in [0.25, 0.3) is 12.3 Å². The van der Waals surface area contributed by atoms with E-state index >= 15 is 4.39 Å². The van der Waals surface area contributed by atoms with Gasteiger partial charge in [0, 0.05) is 17.3 Å². The Morgan fingerprint density at radius 2 is 1.68 bits per heavy atom. The molecule has 0 heterocycles. The number of amides is 2. The van der Waals surface area contributed by atoms with Crippen LogP contribution < -0.4 is 30.6 Å². The second-order valence-electron chi connectivity index (χ2n) is 7.23.